The van der Waals surface area contributed by atoms with Gasteiger partial charge in [0.05, 0.1) is 18.6 Å². The second-order valence-electron chi connectivity index (χ2n) is 9.50. The third-order valence-electron chi connectivity index (χ3n) is 7.34. The Morgan fingerprint density at radius 2 is 1.51 bits per heavy atom. The molecule has 7 aromatic rings. The van der Waals surface area contributed by atoms with Crippen molar-refractivity contribution in [2.75, 3.05) is 0 Å². The van der Waals surface area contributed by atoms with Gasteiger partial charge in [0.15, 0.2) is 11.8 Å². The molecule has 0 saturated carbocycles. The van der Waals surface area contributed by atoms with E-state index in [0.717, 1.165) is 60.3 Å². The van der Waals surface area contributed by atoms with Gasteiger partial charge in [0.2, 0.25) is 5.69 Å². The zero-order chi connectivity index (χ0) is 26.0. The number of benzene rings is 5. The lowest BCUT2D eigenvalue weighted by Gasteiger charge is -2.11. The molecule has 0 fully saturated rings. The van der Waals surface area contributed by atoms with Crippen LogP contribution in [-0.2, 0) is 7.05 Å². The maximum atomic E-state index is 10.1. The highest BCUT2D eigenvalue weighted by Crippen LogP contribution is 2.44. The van der Waals surface area contributed by atoms with E-state index in [1.54, 1.807) is 0 Å². The minimum absolute atomic E-state index is 0.471. The van der Waals surface area contributed by atoms with Crippen LogP contribution in [0, 0.1) is 18.3 Å². The third-order valence-corrected chi connectivity index (χ3v) is 7.34. The van der Waals surface area contributed by atoms with E-state index >= 15 is 0 Å². The molecular formula is C34H23N2O+. The van der Waals surface area contributed by atoms with Crippen molar-refractivity contribution < 1.29 is 10.4 Å². The Bertz CT molecular complexity index is 2130. The summed E-state index contributed by atoms with van der Waals surface area (Å²) in [5.74, 6) is 0. The number of hydrogen-bond acceptors (Lipinski definition) is 2. The van der Waals surface area contributed by atoms with Crippen molar-refractivity contribution in [3.05, 3.63) is 114 Å². The summed E-state index contributed by atoms with van der Waals surface area (Å²) in [6.45, 7) is 2.02. The highest BCUT2D eigenvalue weighted by molar-refractivity contribution is 6.19. The quantitative estimate of drug-likeness (QED) is 0.186. The van der Waals surface area contributed by atoms with E-state index in [9.17, 15) is 6.63 Å². The van der Waals surface area contributed by atoms with Gasteiger partial charge in [-0.15, -0.1) is 0 Å². The Balaban J connectivity index is 1.67. The molecule has 3 nitrogen and oxygen atoms in total. The summed E-state index contributed by atoms with van der Waals surface area (Å²) in [6, 6.07) is 33.3. The molecule has 0 radical (unpaired) electrons. The molecule has 2 heterocycles. The van der Waals surface area contributed by atoms with Crippen LogP contribution in [-0.4, -0.2) is 0 Å². The number of para-hydroxylation sites is 1. The number of furan rings is 1. The van der Waals surface area contributed by atoms with Crippen LogP contribution >= 0.6 is 0 Å². The molecule has 0 N–H and O–H groups in total. The fourth-order valence-electron chi connectivity index (χ4n) is 5.67. The molecule has 7 rings (SSSR count). The SMILES string of the molecule is [2H]c1c(-c2cccc3c2oc2c(-c4cccc[n+]4C)c(C)cc(C#N)c23)c2ccccc2c2ccccc12. The smallest absolute Gasteiger partial charge is 0.216 e. The molecule has 0 aliphatic carbocycles. The molecule has 0 unspecified atom stereocenters. The molecule has 0 saturated heterocycles. The standard InChI is InChI=1S/C34H23N2O/c1-21-18-23(20-35)32-28-15-9-14-27(33(28)37-34(32)31(21)30-16-7-8-17-36(30)2)29-19-22-10-3-4-11-24(22)25-12-5-6-13-26(25)29/h3-19H,1-2H3/q+1/i19D. The predicted octanol–water partition coefficient (Wildman–Crippen LogP) is 8.23. The molecule has 0 atom stereocenters. The van der Waals surface area contributed by atoms with Crippen LogP contribution in [0.4, 0.5) is 0 Å². The highest BCUT2D eigenvalue weighted by atomic mass is 16.3. The van der Waals surface area contributed by atoms with Crippen LogP contribution in [0.2, 0.25) is 0 Å². The van der Waals surface area contributed by atoms with E-state index < -0.39 is 0 Å². The summed E-state index contributed by atoms with van der Waals surface area (Å²) in [5.41, 5.74) is 6.64. The lowest BCUT2D eigenvalue weighted by atomic mass is 9.92. The third kappa shape index (κ3) is 3.09. The Kier molecular flexibility index (Phi) is 4.41. The largest absolute Gasteiger partial charge is 0.454 e. The summed E-state index contributed by atoms with van der Waals surface area (Å²) in [6.07, 6.45) is 2.01. The number of aromatic nitrogens is 1. The van der Waals surface area contributed by atoms with Gasteiger partial charge in [-0.3, -0.25) is 0 Å². The van der Waals surface area contributed by atoms with Crippen LogP contribution in [0.25, 0.3) is 65.9 Å². The highest BCUT2D eigenvalue weighted by Gasteiger charge is 2.24. The van der Waals surface area contributed by atoms with E-state index in [-0.39, 0.29) is 0 Å². The summed E-state index contributed by atoms with van der Waals surface area (Å²) < 4.78 is 18.1. The van der Waals surface area contributed by atoms with E-state index in [4.69, 9.17) is 4.42 Å². The molecule has 0 aliphatic rings. The average molecular weight is 477 g/mol. The summed E-state index contributed by atoms with van der Waals surface area (Å²) in [4.78, 5) is 0. The lowest BCUT2D eigenvalue weighted by molar-refractivity contribution is -0.660. The number of nitrogens with zero attached hydrogens (tertiary/aromatic N) is 2. The van der Waals surface area contributed by atoms with E-state index in [1.807, 2.05) is 86.9 Å². The number of rotatable bonds is 2. The monoisotopic (exact) mass is 476 g/mol. The molecule has 0 amide bonds. The lowest BCUT2D eigenvalue weighted by Crippen LogP contribution is -2.30. The summed E-state index contributed by atoms with van der Waals surface area (Å²) in [5, 5.41) is 15.9. The number of hydrogen-bond donors (Lipinski definition) is 0. The zero-order valence-corrected chi connectivity index (χ0v) is 20.5. The van der Waals surface area contributed by atoms with Gasteiger partial charge in [-0.1, -0.05) is 66.7 Å². The zero-order valence-electron chi connectivity index (χ0n) is 21.5. The normalized spacial score (nSPS) is 11.9. The van der Waals surface area contributed by atoms with Gasteiger partial charge >= 0.3 is 0 Å². The summed E-state index contributed by atoms with van der Waals surface area (Å²) >= 11 is 0. The van der Waals surface area contributed by atoms with Gasteiger partial charge in [0.25, 0.3) is 0 Å². The van der Waals surface area contributed by atoms with Crippen LogP contribution in [0.15, 0.2) is 108 Å². The number of pyridine rings is 1. The van der Waals surface area contributed by atoms with Gasteiger partial charge in [0.1, 0.15) is 12.6 Å². The second-order valence-corrected chi connectivity index (χ2v) is 9.50. The Morgan fingerprint density at radius 1 is 0.784 bits per heavy atom. The predicted molar refractivity (Wildman–Crippen MR) is 150 cm³/mol. The Morgan fingerprint density at radius 3 is 2.32 bits per heavy atom. The molecule has 37 heavy (non-hydrogen) atoms. The summed E-state index contributed by atoms with van der Waals surface area (Å²) in [7, 11) is 2.01. The van der Waals surface area contributed by atoms with Crippen molar-refractivity contribution in [2.45, 2.75) is 6.92 Å². The van der Waals surface area contributed by atoms with E-state index in [0.29, 0.717) is 22.8 Å². The molecule has 0 bridgehead atoms. The maximum Gasteiger partial charge on any atom is 0.216 e. The first kappa shape index (κ1) is 20.3. The van der Waals surface area contributed by atoms with Crippen LogP contribution in [0.1, 0.15) is 12.5 Å². The first-order valence-electron chi connectivity index (χ1n) is 12.8. The van der Waals surface area contributed by atoms with Gasteiger partial charge in [0, 0.05) is 28.5 Å². The van der Waals surface area contributed by atoms with Gasteiger partial charge < -0.3 is 4.42 Å². The molecule has 3 heteroatoms. The van der Waals surface area contributed by atoms with Crippen molar-refractivity contribution >= 4 is 43.5 Å². The average Bonchev–Trinajstić information content (AvgIpc) is 3.34. The minimum Gasteiger partial charge on any atom is -0.454 e. The van der Waals surface area contributed by atoms with E-state index in [2.05, 4.69) is 34.9 Å². The molecule has 2 aromatic heterocycles. The van der Waals surface area contributed by atoms with Crippen molar-refractivity contribution in [3.63, 3.8) is 0 Å². The Hall–Kier alpha value is -4.94. The van der Waals surface area contributed by atoms with Crippen molar-refractivity contribution in [2.24, 2.45) is 7.05 Å². The fourth-order valence-corrected chi connectivity index (χ4v) is 5.67. The fraction of sp³-hybridized carbons (Fsp3) is 0.0588. The van der Waals surface area contributed by atoms with Crippen molar-refractivity contribution in [1.82, 2.24) is 0 Å². The molecule has 0 aliphatic heterocycles. The first-order chi connectivity index (χ1) is 18.6. The second kappa shape index (κ2) is 8.05. The molecule has 174 valence electrons. The van der Waals surface area contributed by atoms with Crippen molar-refractivity contribution in [1.29, 1.82) is 5.26 Å². The van der Waals surface area contributed by atoms with Gasteiger partial charge in [-0.25, -0.2) is 4.57 Å². The van der Waals surface area contributed by atoms with Crippen molar-refractivity contribution in [3.8, 4) is 28.5 Å². The van der Waals surface area contributed by atoms with Gasteiger partial charge in [-0.05, 0) is 57.8 Å². The molecule has 5 aromatic carbocycles. The number of fused-ring (bicyclic) bond motifs is 6. The maximum absolute atomic E-state index is 10.1. The number of aryl methyl sites for hydroxylation is 2. The first-order valence-corrected chi connectivity index (χ1v) is 12.3. The minimum atomic E-state index is 0.471. The number of nitriles is 1. The molecule has 0 spiro atoms. The van der Waals surface area contributed by atoms with E-state index in [1.165, 1.54) is 0 Å². The molecular weight excluding hydrogens is 452 g/mol. The van der Waals surface area contributed by atoms with Gasteiger partial charge in [-0.2, -0.15) is 5.26 Å². The Labute approximate surface area is 215 Å². The van der Waals surface area contributed by atoms with Crippen LogP contribution in [0.5, 0.6) is 0 Å². The van der Waals surface area contributed by atoms with Crippen LogP contribution < -0.4 is 4.57 Å². The topological polar surface area (TPSA) is 40.8 Å². The van der Waals surface area contributed by atoms with Crippen LogP contribution in [0.3, 0.4) is 0 Å².